The van der Waals surface area contributed by atoms with Gasteiger partial charge in [-0.1, -0.05) is 23.7 Å². The minimum absolute atomic E-state index is 0.167. The van der Waals surface area contributed by atoms with E-state index in [-0.39, 0.29) is 18.4 Å². The number of anilines is 2. The fourth-order valence-corrected chi connectivity index (χ4v) is 3.68. The minimum atomic E-state index is -0.611. The first-order valence-electron chi connectivity index (χ1n) is 10.9. The predicted octanol–water partition coefficient (Wildman–Crippen LogP) is 4.86. The van der Waals surface area contributed by atoms with Crippen LogP contribution in [0, 0.1) is 6.92 Å². The molecule has 1 unspecified atom stereocenters. The Hall–Kier alpha value is -3.71. The van der Waals surface area contributed by atoms with Crippen molar-refractivity contribution in [2.24, 2.45) is 0 Å². The SMILES string of the molecule is Cc1cccc(OCCN2C(=O)C(C)Oc3ccc(NC(=O)COc4ccc(Cl)cc4)cc32)c1. The molecule has 0 aliphatic carbocycles. The number of carbonyl (C=O) groups is 2. The number of carbonyl (C=O) groups excluding carboxylic acids is 2. The number of ether oxygens (including phenoxy) is 3. The quantitative estimate of drug-likeness (QED) is 0.498. The molecule has 0 spiro atoms. The molecule has 3 aromatic carbocycles. The van der Waals surface area contributed by atoms with Crippen molar-refractivity contribution >= 4 is 34.8 Å². The number of benzene rings is 3. The second-order valence-electron chi connectivity index (χ2n) is 7.89. The Kier molecular flexibility index (Phi) is 7.23. The van der Waals surface area contributed by atoms with Crippen molar-refractivity contribution in [1.29, 1.82) is 0 Å². The highest BCUT2D eigenvalue weighted by Crippen LogP contribution is 2.36. The van der Waals surface area contributed by atoms with Crippen molar-refractivity contribution < 1.29 is 23.8 Å². The number of aryl methyl sites for hydroxylation is 1. The summed E-state index contributed by atoms with van der Waals surface area (Å²) < 4.78 is 17.1. The van der Waals surface area contributed by atoms with Crippen LogP contribution in [0.4, 0.5) is 11.4 Å². The molecule has 0 aromatic heterocycles. The van der Waals surface area contributed by atoms with E-state index in [4.69, 9.17) is 25.8 Å². The summed E-state index contributed by atoms with van der Waals surface area (Å²) >= 11 is 5.86. The summed E-state index contributed by atoms with van der Waals surface area (Å²) in [4.78, 5) is 26.8. The van der Waals surface area contributed by atoms with E-state index in [2.05, 4.69) is 5.32 Å². The van der Waals surface area contributed by atoms with Crippen LogP contribution >= 0.6 is 11.6 Å². The first-order valence-corrected chi connectivity index (χ1v) is 11.3. The third kappa shape index (κ3) is 5.80. The zero-order chi connectivity index (χ0) is 24.1. The van der Waals surface area contributed by atoms with Crippen molar-refractivity contribution in [2.45, 2.75) is 20.0 Å². The van der Waals surface area contributed by atoms with Gasteiger partial charge in [0.25, 0.3) is 11.8 Å². The molecule has 176 valence electrons. The van der Waals surface area contributed by atoms with E-state index in [1.165, 1.54) is 0 Å². The molecule has 4 rings (SSSR count). The van der Waals surface area contributed by atoms with Gasteiger partial charge in [0.15, 0.2) is 12.7 Å². The summed E-state index contributed by atoms with van der Waals surface area (Å²) in [6.07, 6.45) is -0.611. The smallest absolute Gasteiger partial charge is 0.267 e. The highest BCUT2D eigenvalue weighted by atomic mass is 35.5. The van der Waals surface area contributed by atoms with Crippen LogP contribution in [0.15, 0.2) is 66.7 Å². The summed E-state index contributed by atoms with van der Waals surface area (Å²) in [7, 11) is 0. The molecule has 1 N–H and O–H groups in total. The summed E-state index contributed by atoms with van der Waals surface area (Å²) in [5.74, 6) is 1.35. The van der Waals surface area contributed by atoms with Crippen molar-refractivity contribution in [2.75, 3.05) is 30.0 Å². The Morgan fingerprint density at radius 1 is 1.06 bits per heavy atom. The van der Waals surface area contributed by atoms with Gasteiger partial charge in [0.05, 0.1) is 12.2 Å². The van der Waals surface area contributed by atoms with Crippen LogP contribution in [-0.2, 0) is 9.59 Å². The molecule has 1 aliphatic heterocycles. The summed E-state index contributed by atoms with van der Waals surface area (Å²) in [6.45, 7) is 4.19. The molecule has 0 saturated carbocycles. The molecule has 3 aromatic rings. The van der Waals surface area contributed by atoms with Crippen LogP contribution in [0.25, 0.3) is 0 Å². The Labute approximate surface area is 203 Å². The molecule has 1 aliphatic rings. The molecule has 34 heavy (non-hydrogen) atoms. The topological polar surface area (TPSA) is 77.1 Å². The second kappa shape index (κ2) is 10.5. The van der Waals surface area contributed by atoms with E-state index in [1.807, 2.05) is 31.2 Å². The van der Waals surface area contributed by atoms with Crippen LogP contribution in [0.5, 0.6) is 17.2 Å². The van der Waals surface area contributed by atoms with Gasteiger partial charge in [0.2, 0.25) is 0 Å². The molecule has 8 heteroatoms. The fraction of sp³-hybridized carbons (Fsp3) is 0.231. The normalized spacial score (nSPS) is 14.7. The number of rotatable bonds is 8. The van der Waals surface area contributed by atoms with Gasteiger partial charge < -0.3 is 24.4 Å². The molecule has 0 bridgehead atoms. The molecule has 1 atom stereocenters. The van der Waals surface area contributed by atoms with E-state index >= 15 is 0 Å². The van der Waals surface area contributed by atoms with Gasteiger partial charge in [-0.2, -0.15) is 0 Å². The van der Waals surface area contributed by atoms with Crippen LogP contribution in [-0.4, -0.2) is 37.7 Å². The standard InChI is InChI=1S/C26H25ClN2O5/c1-17-4-3-5-22(14-17)32-13-12-29-23-15-20(8-11-24(23)34-18(2)26(29)31)28-25(30)16-33-21-9-6-19(27)7-10-21/h3-11,14-15,18H,12-13,16H2,1-2H3,(H,28,30). The minimum Gasteiger partial charge on any atom is -0.492 e. The first-order chi connectivity index (χ1) is 16.4. The number of nitrogens with zero attached hydrogens (tertiary/aromatic N) is 1. The van der Waals surface area contributed by atoms with E-state index in [0.29, 0.717) is 41.0 Å². The molecular weight excluding hydrogens is 456 g/mol. The van der Waals surface area contributed by atoms with E-state index in [9.17, 15) is 9.59 Å². The maximum absolute atomic E-state index is 12.8. The molecular formula is C26H25ClN2O5. The van der Waals surface area contributed by atoms with Gasteiger partial charge in [-0.05, 0) is 74.0 Å². The van der Waals surface area contributed by atoms with Crippen LogP contribution in [0.3, 0.4) is 0 Å². The Balaban J connectivity index is 1.41. The number of fused-ring (bicyclic) bond motifs is 1. The zero-order valence-electron chi connectivity index (χ0n) is 18.9. The summed E-state index contributed by atoms with van der Waals surface area (Å²) in [5, 5.41) is 3.38. The number of amides is 2. The van der Waals surface area contributed by atoms with Crippen molar-refractivity contribution in [3.63, 3.8) is 0 Å². The van der Waals surface area contributed by atoms with E-state index < -0.39 is 6.10 Å². The fourth-order valence-electron chi connectivity index (χ4n) is 3.55. The highest BCUT2D eigenvalue weighted by molar-refractivity contribution is 6.30. The molecule has 0 fully saturated rings. The summed E-state index contributed by atoms with van der Waals surface area (Å²) in [6, 6.07) is 19.7. The van der Waals surface area contributed by atoms with Crippen LogP contribution < -0.4 is 24.4 Å². The third-order valence-corrected chi connectivity index (χ3v) is 5.46. The van der Waals surface area contributed by atoms with Gasteiger partial charge in [-0.25, -0.2) is 0 Å². The zero-order valence-corrected chi connectivity index (χ0v) is 19.7. The van der Waals surface area contributed by atoms with E-state index in [1.54, 1.807) is 54.3 Å². The lowest BCUT2D eigenvalue weighted by atomic mass is 10.1. The lowest BCUT2D eigenvalue weighted by Crippen LogP contribution is -2.46. The molecule has 0 radical (unpaired) electrons. The Morgan fingerprint density at radius 3 is 2.62 bits per heavy atom. The Morgan fingerprint density at radius 2 is 1.85 bits per heavy atom. The Bertz CT molecular complexity index is 1180. The largest absolute Gasteiger partial charge is 0.492 e. The number of halogens is 1. The van der Waals surface area contributed by atoms with Crippen LogP contribution in [0.2, 0.25) is 5.02 Å². The van der Waals surface area contributed by atoms with Crippen molar-refractivity contribution in [1.82, 2.24) is 0 Å². The van der Waals surface area contributed by atoms with Gasteiger partial charge in [0.1, 0.15) is 23.9 Å². The average molecular weight is 481 g/mol. The highest BCUT2D eigenvalue weighted by Gasteiger charge is 2.31. The van der Waals surface area contributed by atoms with Gasteiger partial charge >= 0.3 is 0 Å². The number of hydrogen-bond donors (Lipinski definition) is 1. The average Bonchev–Trinajstić information content (AvgIpc) is 2.81. The lowest BCUT2D eigenvalue weighted by molar-refractivity contribution is -0.125. The molecule has 7 nitrogen and oxygen atoms in total. The maximum Gasteiger partial charge on any atom is 0.267 e. The van der Waals surface area contributed by atoms with Crippen molar-refractivity contribution in [3.05, 3.63) is 77.3 Å². The van der Waals surface area contributed by atoms with E-state index in [0.717, 1.165) is 11.3 Å². The predicted molar refractivity (Wildman–Crippen MR) is 131 cm³/mol. The number of hydrogen-bond acceptors (Lipinski definition) is 5. The third-order valence-electron chi connectivity index (χ3n) is 5.21. The first kappa shape index (κ1) is 23.4. The van der Waals surface area contributed by atoms with Crippen LogP contribution in [0.1, 0.15) is 12.5 Å². The lowest BCUT2D eigenvalue weighted by Gasteiger charge is -2.33. The number of nitrogens with one attached hydrogen (secondary N) is 1. The monoisotopic (exact) mass is 480 g/mol. The van der Waals surface area contributed by atoms with Gasteiger partial charge in [-0.3, -0.25) is 9.59 Å². The summed E-state index contributed by atoms with van der Waals surface area (Å²) in [5.41, 5.74) is 2.20. The maximum atomic E-state index is 12.8. The van der Waals surface area contributed by atoms with Crippen molar-refractivity contribution in [3.8, 4) is 17.2 Å². The van der Waals surface area contributed by atoms with Gasteiger partial charge in [0, 0.05) is 10.7 Å². The second-order valence-corrected chi connectivity index (χ2v) is 8.32. The molecule has 1 heterocycles. The van der Waals surface area contributed by atoms with Gasteiger partial charge in [-0.15, -0.1) is 0 Å². The molecule has 0 saturated heterocycles. The molecule has 2 amide bonds.